The van der Waals surface area contributed by atoms with Gasteiger partial charge in [-0.25, -0.2) is 4.79 Å². The predicted octanol–water partition coefficient (Wildman–Crippen LogP) is 0.771. The summed E-state index contributed by atoms with van der Waals surface area (Å²) < 4.78 is 4.42. The van der Waals surface area contributed by atoms with E-state index in [0.717, 1.165) is 0 Å². The summed E-state index contributed by atoms with van der Waals surface area (Å²) >= 11 is 5.31. The molecule has 2 N–H and O–H groups in total. The first-order chi connectivity index (χ1) is 5.43. The molecule has 0 saturated heterocycles. The van der Waals surface area contributed by atoms with Crippen LogP contribution < -0.4 is 5.32 Å². The highest BCUT2D eigenvalue weighted by molar-refractivity contribution is 6.19. The highest BCUT2D eigenvalue weighted by Gasteiger charge is 2.15. The Kier molecular flexibility index (Phi) is 4.43. The van der Waals surface area contributed by atoms with Crippen LogP contribution in [0.4, 0.5) is 4.79 Å². The van der Waals surface area contributed by atoms with Crippen LogP contribution in [0.1, 0.15) is 13.8 Å². The van der Waals surface area contributed by atoms with Gasteiger partial charge in [0.25, 0.3) is 0 Å². The molecule has 0 fully saturated rings. The lowest BCUT2D eigenvalue weighted by atomic mass is 10.4. The SMILES string of the molecule is CC(Cl)OC(=O)N[C@@H](C)C(=O)O. The molecule has 0 aliphatic heterocycles. The van der Waals surface area contributed by atoms with Crippen LogP contribution in [-0.4, -0.2) is 28.8 Å². The third-order valence-electron chi connectivity index (χ3n) is 0.974. The minimum Gasteiger partial charge on any atom is -0.480 e. The average Bonchev–Trinajstić information content (AvgIpc) is 1.84. The Hall–Kier alpha value is -0.970. The van der Waals surface area contributed by atoms with Gasteiger partial charge in [-0.1, -0.05) is 11.6 Å². The van der Waals surface area contributed by atoms with Gasteiger partial charge >= 0.3 is 12.1 Å². The number of rotatable bonds is 3. The third-order valence-corrected chi connectivity index (χ3v) is 1.06. The summed E-state index contributed by atoms with van der Waals surface area (Å²) in [7, 11) is 0. The summed E-state index contributed by atoms with van der Waals surface area (Å²) in [5.74, 6) is -1.13. The van der Waals surface area contributed by atoms with Crippen molar-refractivity contribution in [1.29, 1.82) is 0 Å². The van der Waals surface area contributed by atoms with Crippen LogP contribution in [0.3, 0.4) is 0 Å². The van der Waals surface area contributed by atoms with E-state index in [1.165, 1.54) is 13.8 Å². The number of aliphatic carboxylic acids is 1. The van der Waals surface area contributed by atoms with E-state index in [9.17, 15) is 9.59 Å². The fourth-order valence-corrected chi connectivity index (χ4v) is 0.501. The Morgan fingerprint density at radius 1 is 1.50 bits per heavy atom. The van der Waals surface area contributed by atoms with Gasteiger partial charge < -0.3 is 15.2 Å². The average molecular weight is 196 g/mol. The van der Waals surface area contributed by atoms with Gasteiger partial charge in [-0.2, -0.15) is 0 Å². The molecule has 70 valence electrons. The molecule has 1 amide bonds. The number of carboxylic acids is 1. The van der Waals surface area contributed by atoms with E-state index in [0.29, 0.717) is 0 Å². The van der Waals surface area contributed by atoms with E-state index in [2.05, 4.69) is 10.1 Å². The van der Waals surface area contributed by atoms with Gasteiger partial charge in [-0.05, 0) is 13.8 Å². The van der Waals surface area contributed by atoms with E-state index in [1.54, 1.807) is 0 Å². The van der Waals surface area contributed by atoms with Crippen molar-refractivity contribution in [1.82, 2.24) is 5.32 Å². The number of carbonyl (C=O) groups is 2. The summed E-state index contributed by atoms with van der Waals surface area (Å²) in [4.78, 5) is 20.9. The molecule has 0 spiro atoms. The van der Waals surface area contributed by atoms with Crippen molar-refractivity contribution in [2.75, 3.05) is 0 Å². The Labute approximate surface area is 74.6 Å². The van der Waals surface area contributed by atoms with Crippen LogP contribution in [0, 0.1) is 0 Å². The van der Waals surface area contributed by atoms with Crippen LogP contribution in [0.15, 0.2) is 0 Å². The number of nitrogens with one attached hydrogen (secondary N) is 1. The zero-order valence-electron chi connectivity index (χ0n) is 6.70. The summed E-state index contributed by atoms with van der Waals surface area (Å²) in [5, 5.41) is 10.4. The topological polar surface area (TPSA) is 75.6 Å². The van der Waals surface area contributed by atoms with E-state index in [4.69, 9.17) is 16.7 Å². The molecule has 5 nitrogen and oxygen atoms in total. The van der Waals surface area contributed by atoms with Crippen LogP contribution >= 0.6 is 11.6 Å². The van der Waals surface area contributed by atoms with Crippen LogP contribution in [-0.2, 0) is 9.53 Å². The van der Waals surface area contributed by atoms with Gasteiger partial charge in [0.1, 0.15) is 6.04 Å². The smallest absolute Gasteiger partial charge is 0.409 e. The number of halogens is 1. The molecular formula is C6H10ClNO4. The number of hydrogen-bond acceptors (Lipinski definition) is 3. The second-order valence-corrected chi connectivity index (χ2v) is 2.77. The Morgan fingerprint density at radius 2 is 2.00 bits per heavy atom. The van der Waals surface area contributed by atoms with Crippen LogP contribution in [0.5, 0.6) is 0 Å². The van der Waals surface area contributed by atoms with Crippen molar-refractivity contribution in [3.05, 3.63) is 0 Å². The predicted molar refractivity (Wildman–Crippen MR) is 42.0 cm³/mol. The summed E-state index contributed by atoms with van der Waals surface area (Å²) in [6, 6.07) is -0.979. The van der Waals surface area contributed by atoms with Gasteiger partial charge in [0.05, 0.1) is 0 Å². The van der Waals surface area contributed by atoms with Gasteiger partial charge in [0, 0.05) is 0 Å². The first-order valence-corrected chi connectivity index (χ1v) is 3.71. The maximum Gasteiger partial charge on any atom is 0.409 e. The first kappa shape index (κ1) is 11.0. The molecule has 0 rings (SSSR count). The number of carbonyl (C=O) groups excluding carboxylic acids is 1. The molecular weight excluding hydrogens is 186 g/mol. The van der Waals surface area contributed by atoms with Gasteiger partial charge in [-0.3, -0.25) is 4.79 Å². The highest BCUT2D eigenvalue weighted by Crippen LogP contribution is 1.96. The monoisotopic (exact) mass is 195 g/mol. The van der Waals surface area contributed by atoms with Crippen LogP contribution in [0.25, 0.3) is 0 Å². The molecule has 12 heavy (non-hydrogen) atoms. The molecule has 2 atom stereocenters. The van der Waals surface area contributed by atoms with Crippen molar-refractivity contribution in [2.24, 2.45) is 0 Å². The van der Waals surface area contributed by atoms with Crippen molar-refractivity contribution in [3.63, 3.8) is 0 Å². The number of ether oxygens (including phenoxy) is 1. The van der Waals surface area contributed by atoms with Crippen molar-refractivity contribution < 1.29 is 19.4 Å². The minimum atomic E-state index is -1.13. The fraction of sp³-hybridized carbons (Fsp3) is 0.667. The standard InChI is InChI=1S/C6H10ClNO4/c1-3(5(9)10)8-6(11)12-4(2)7/h3-4H,1-2H3,(H,8,11)(H,9,10)/t3-,4?/m0/s1. The molecule has 0 saturated carbocycles. The summed E-state index contributed by atoms with van der Waals surface area (Å²) in [6.45, 7) is 2.77. The maximum atomic E-state index is 10.7. The molecule has 0 aromatic carbocycles. The molecule has 0 heterocycles. The Balaban J connectivity index is 3.77. The molecule has 1 unspecified atom stereocenters. The van der Waals surface area contributed by atoms with Crippen LogP contribution in [0.2, 0.25) is 0 Å². The van der Waals surface area contributed by atoms with Gasteiger partial charge in [-0.15, -0.1) is 0 Å². The minimum absolute atomic E-state index is 0.772. The maximum absolute atomic E-state index is 10.7. The number of alkyl carbamates (subject to hydrolysis) is 1. The summed E-state index contributed by atoms with van der Waals surface area (Å²) in [6.07, 6.45) is -0.840. The van der Waals surface area contributed by atoms with E-state index >= 15 is 0 Å². The lowest BCUT2D eigenvalue weighted by molar-refractivity contribution is -0.138. The van der Waals surface area contributed by atoms with Crippen molar-refractivity contribution >= 4 is 23.7 Å². The van der Waals surface area contributed by atoms with E-state index in [1.807, 2.05) is 0 Å². The van der Waals surface area contributed by atoms with E-state index < -0.39 is 23.7 Å². The highest BCUT2D eigenvalue weighted by atomic mass is 35.5. The second kappa shape index (κ2) is 4.82. The van der Waals surface area contributed by atoms with Crippen molar-refractivity contribution in [3.8, 4) is 0 Å². The number of alkyl halides is 1. The molecule has 6 heteroatoms. The lowest BCUT2D eigenvalue weighted by Gasteiger charge is -2.10. The quantitative estimate of drug-likeness (QED) is 0.653. The first-order valence-electron chi connectivity index (χ1n) is 3.27. The van der Waals surface area contributed by atoms with Crippen molar-refractivity contribution in [2.45, 2.75) is 25.5 Å². The fourth-order valence-electron chi connectivity index (χ4n) is 0.420. The molecule has 0 aromatic rings. The second-order valence-electron chi connectivity index (χ2n) is 2.15. The number of amides is 1. The zero-order chi connectivity index (χ0) is 9.72. The van der Waals surface area contributed by atoms with E-state index in [-0.39, 0.29) is 0 Å². The lowest BCUT2D eigenvalue weighted by Crippen LogP contribution is -2.39. The Bertz CT molecular complexity index is 182. The summed E-state index contributed by atoms with van der Waals surface area (Å²) in [5.41, 5.74) is -0.772. The molecule has 0 aromatic heterocycles. The Morgan fingerprint density at radius 3 is 2.33 bits per heavy atom. The number of hydrogen-bond donors (Lipinski definition) is 2. The molecule has 0 aliphatic rings. The zero-order valence-corrected chi connectivity index (χ0v) is 7.46. The molecule has 0 bridgehead atoms. The number of carboxylic acid groups (broad SMARTS) is 1. The third kappa shape index (κ3) is 4.79. The van der Waals surface area contributed by atoms with Gasteiger partial charge in [0.15, 0.2) is 5.56 Å². The molecule has 0 radical (unpaired) electrons. The molecule has 0 aliphatic carbocycles. The van der Waals surface area contributed by atoms with Gasteiger partial charge in [0.2, 0.25) is 0 Å². The normalized spacial score (nSPS) is 14.6. The largest absolute Gasteiger partial charge is 0.480 e.